The van der Waals surface area contributed by atoms with Crippen LogP contribution in [0.25, 0.3) is 0 Å². The summed E-state index contributed by atoms with van der Waals surface area (Å²) >= 11 is 15.7. The van der Waals surface area contributed by atoms with Gasteiger partial charge in [-0.05, 0) is 65.9 Å². The van der Waals surface area contributed by atoms with Gasteiger partial charge in [-0.15, -0.1) is 0 Å². The number of fused-ring (bicyclic) bond motifs is 3. The summed E-state index contributed by atoms with van der Waals surface area (Å²) in [6, 6.07) is 18.6. The second kappa shape index (κ2) is 8.41. The average Bonchev–Trinajstić information content (AvgIpc) is 3.27. The van der Waals surface area contributed by atoms with Gasteiger partial charge in [-0.3, -0.25) is 4.72 Å². The van der Waals surface area contributed by atoms with Gasteiger partial charge in [-0.2, -0.15) is 0 Å². The van der Waals surface area contributed by atoms with Crippen molar-refractivity contribution in [3.05, 3.63) is 98.5 Å². The Labute approximate surface area is 205 Å². The third kappa shape index (κ3) is 3.94. The summed E-state index contributed by atoms with van der Waals surface area (Å²) in [6.07, 6.45) is 5.31. The number of hydrogen-bond donors (Lipinski definition) is 2. The molecule has 5 rings (SSSR count). The van der Waals surface area contributed by atoms with Crippen molar-refractivity contribution in [1.82, 2.24) is 0 Å². The number of anilines is 2. The molecule has 3 aromatic carbocycles. The maximum atomic E-state index is 13.1. The van der Waals surface area contributed by atoms with E-state index in [-0.39, 0.29) is 27.6 Å². The van der Waals surface area contributed by atoms with Crippen molar-refractivity contribution in [1.29, 1.82) is 0 Å². The maximum Gasteiger partial charge on any atom is 0.261 e. The van der Waals surface area contributed by atoms with Gasteiger partial charge in [0.05, 0.1) is 26.7 Å². The predicted octanol–water partition coefficient (Wildman–Crippen LogP) is 7.38. The molecule has 2 aliphatic rings. The smallest absolute Gasteiger partial charge is 0.261 e. The number of benzene rings is 3. The first-order valence-electron chi connectivity index (χ1n) is 10.1. The molecule has 1 heterocycles. The van der Waals surface area contributed by atoms with Crippen molar-refractivity contribution in [2.75, 3.05) is 10.0 Å². The molecule has 32 heavy (non-hydrogen) atoms. The molecule has 3 atom stereocenters. The molecule has 2 N–H and O–H groups in total. The highest BCUT2D eigenvalue weighted by Crippen LogP contribution is 2.50. The Morgan fingerprint density at radius 1 is 1.03 bits per heavy atom. The van der Waals surface area contributed by atoms with Crippen LogP contribution >= 0.6 is 39.1 Å². The normalized spacial score (nSPS) is 21.5. The number of nitrogens with one attached hydrogen (secondary N) is 2. The summed E-state index contributed by atoms with van der Waals surface area (Å²) in [5.74, 6) is 0.460. The lowest BCUT2D eigenvalue weighted by Gasteiger charge is -2.37. The zero-order chi connectivity index (χ0) is 22.5. The number of allylic oxidation sites excluding steroid dienone is 2. The van der Waals surface area contributed by atoms with Crippen molar-refractivity contribution >= 4 is 60.5 Å². The van der Waals surface area contributed by atoms with Crippen LogP contribution in [0.2, 0.25) is 10.0 Å². The third-order valence-corrected chi connectivity index (χ3v) is 8.78. The minimum atomic E-state index is -3.84. The van der Waals surface area contributed by atoms with Gasteiger partial charge in [0.15, 0.2) is 0 Å². The summed E-state index contributed by atoms with van der Waals surface area (Å²) in [5, 5.41) is 4.11. The molecule has 3 aromatic rings. The SMILES string of the molecule is O=S(=O)(Nc1cccc(Cl)c1Cl)c1ccc2c(c1)[C@H]1C=CC[C@H]1[C@@H](c1ccc(Br)cc1)N2. The van der Waals surface area contributed by atoms with Crippen molar-refractivity contribution in [3.8, 4) is 0 Å². The van der Waals surface area contributed by atoms with Crippen LogP contribution in [0.4, 0.5) is 11.4 Å². The van der Waals surface area contributed by atoms with Crippen LogP contribution in [-0.2, 0) is 10.0 Å². The van der Waals surface area contributed by atoms with Gasteiger partial charge < -0.3 is 5.32 Å². The second-order valence-electron chi connectivity index (χ2n) is 7.98. The van der Waals surface area contributed by atoms with E-state index >= 15 is 0 Å². The zero-order valence-electron chi connectivity index (χ0n) is 16.7. The summed E-state index contributed by atoms with van der Waals surface area (Å²) in [7, 11) is -3.84. The molecule has 0 fully saturated rings. The monoisotopic (exact) mass is 548 g/mol. The number of hydrogen-bond acceptors (Lipinski definition) is 3. The summed E-state index contributed by atoms with van der Waals surface area (Å²) in [6.45, 7) is 0. The van der Waals surface area contributed by atoms with E-state index < -0.39 is 10.0 Å². The quantitative estimate of drug-likeness (QED) is 0.334. The summed E-state index contributed by atoms with van der Waals surface area (Å²) in [4.78, 5) is 0.190. The van der Waals surface area contributed by atoms with E-state index in [1.54, 1.807) is 30.3 Å². The minimum Gasteiger partial charge on any atom is -0.378 e. The van der Waals surface area contributed by atoms with Gasteiger partial charge >= 0.3 is 0 Å². The Morgan fingerprint density at radius 2 is 1.81 bits per heavy atom. The average molecular weight is 550 g/mol. The number of halogens is 3. The fourth-order valence-corrected chi connectivity index (χ4v) is 6.30. The molecule has 1 aliphatic heterocycles. The van der Waals surface area contributed by atoms with Gasteiger partial charge in [0.25, 0.3) is 10.0 Å². The Kier molecular flexibility index (Phi) is 5.74. The standard InChI is InChI=1S/C24H19BrCl2N2O2S/c25-15-9-7-14(8-10-15)24-18-4-1-3-17(18)19-13-16(11-12-21(19)28-24)32(30,31)29-22-6-2-5-20(26)23(22)27/h1-3,5-13,17-18,24,28-29H,4H2/t17-,18+,24+/m0/s1. The first-order valence-corrected chi connectivity index (χ1v) is 13.2. The molecular weight excluding hydrogens is 531 g/mol. The second-order valence-corrected chi connectivity index (χ2v) is 11.4. The van der Waals surface area contributed by atoms with E-state index in [1.807, 2.05) is 18.2 Å². The molecule has 4 nitrogen and oxygen atoms in total. The van der Waals surface area contributed by atoms with Crippen LogP contribution in [0.1, 0.15) is 29.5 Å². The van der Waals surface area contributed by atoms with E-state index in [2.05, 4.69) is 50.3 Å². The number of sulfonamides is 1. The van der Waals surface area contributed by atoms with Gasteiger partial charge in [-0.1, -0.05) is 69.5 Å². The van der Waals surface area contributed by atoms with Crippen LogP contribution in [0.5, 0.6) is 0 Å². The summed E-state index contributed by atoms with van der Waals surface area (Å²) in [5.41, 5.74) is 3.40. The Hall–Kier alpha value is -1.99. The largest absolute Gasteiger partial charge is 0.378 e. The van der Waals surface area contributed by atoms with E-state index in [0.29, 0.717) is 10.9 Å². The molecule has 0 aromatic heterocycles. The highest BCUT2D eigenvalue weighted by Gasteiger charge is 2.38. The van der Waals surface area contributed by atoms with Gasteiger partial charge in [0.1, 0.15) is 0 Å². The van der Waals surface area contributed by atoms with E-state index in [9.17, 15) is 8.42 Å². The zero-order valence-corrected chi connectivity index (χ0v) is 20.6. The van der Waals surface area contributed by atoms with Gasteiger partial charge in [-0.25, -0.2) is 8.42 Å². The molecule has 0 saturated heterocycles. The first-order chi connectivity index (χ1) is 15.3. The fraction of sp³-hybridized carbons (Fsp3) is 0.167. The molecule has 0 bridgehead atoms. The highest BCUT2D eigenvalue weighted by atomic mass is 79.9. The van der Waals surface area contributed by atoms with Crippen LogP contribution < -0.4 is 10.0 Å². The van der Waals surface area contributed by atoms with E-state index in [1.165, 1.54) is 5.56 Å². The van der Waals surface area contributed by atoms with Crippen molar-refractivity contribution in [3.63, 3.8) is 0 Å². The van der Waals surface area contributed by atoms with Crippen molar-refractivity contribution in [2.45, 2.75) is 23.3 Å². The fourth-order valence-electron chi connectivity index (χ4n) is 4.53. The van der Waals surface area contributed by atoms with Gasteiger partial charge in [0, 0.05) is 16.1 Å². The molecule has 8 heteroatoms. The van der Waals surface area contributed by atoms with Crippen LogP contribution in [-0.4, -0.2) is 8.42 Å². The Balaban J connectivity index is 1.49. The van der Waals surface area contributed by atoms with E-state index in [0.717, 1.165) is 22.1 Å². The minimum absolute atomic E-state index is 0.143. The lowest BCUT2D eigenvalue weighted by Crippen LogP contribution is -2.29. The Morgan fingerprint density at radius 3 is 2.59 bits per heavy atom. The van der Waals surface area contributed by atoms with Crippen LogP contribution in [0.3, 0.4) is 0 Å². The predicted molar refractivity (Wildman–Crippen MR) is 134 cm³/mol. The molecule has 0 saturated carbocycles. The molecule has 0 unspecified atom stereocenters. The summed E-state index contributed by atoms with van der Waals surface area (Å²) < 4.78 is 29.8. The van der Waals surface area contributed by atoms with Crippen molar-refractivity contribution < 1.29 is 8.42 Å². The molecular formula is C24H19BrCl2N2O2S. The van der Waals surface area contributed by atoms with Gasteiger partial charge in [0.2, 0.25) is 0 Å². The van der Waals surface area contributed by atoms with Crippen LogP contribution in [0.15, 0.2) is 82.2 Å². The number of rotatable bonds is 4. The molecule has 1 aliphatic carbocycles. The lowest BCUT2D eigenvalue weighted by atomic mass is 9.77. The van der Waals surface area contributed by atoms with Crippen LogP contribution in [0, 0.1) is 5.92 Å². The molecule has 0 amide bonds. The molecule has 0 radical (unpaired) electrons. The maximum absolute atomic E-state index is 13.1. The van der Waals surface area contributed by atoms with E-state index in [4.69, 9.17) is 23.2 Å². The topological polar surface area (TPSA) is 58.2 Å². The highest BCUT2D eigenvalue weighted by molar-refractivity contribution is 9.10. The molecule has 164 valence electrons. The van der Waals surface area contributed by atoms with Crippen molar-refractivity contribution in [2.24, 2.45) is 5.92 Å². The molecule has 0 spiro atoms. The Bertz CT molecular complexity index is 1330. The first kappa shape index (κ1) is 21.8. The third-order valence-electron chi connectivity index (χ3n) is 6.07. The lowest BCUT2D eigenvalue weighted by molar-refractivity contribution is 0.425.